The average molecular weight is 192 g/mol. The lowest BCUT2D eigenvalue weighted by atomic mass is 10.1. The fraction of sp³-hybridized carbons (Fsp3) is 0.400. The number of rotatable bonds is 1. The van der Waals surface area contributed by atoms with Crippen LogP contribution in [0.5, 0.6) is 0 Å². The van der Waals surface area contributed by atoms with Crippen LogP contribution in [0.2, 0.25) is 0 Å². The van der Waals surface area contributed by atoms with Gasteiger partial charge in [-0.15, -0.1) is 0 Å². The maximum absolute atomic E-state index is 11.9. The van der Waals surface area contributed by atoms with Gasteiger partial charge in [0, 0.05) is 24.4 Å². The standard InChI is InChI=1S/C10H12N2O2/c1-12(14)9(4-5-10(12)13)8-3-2-6-11-7-8/h2-3,6-7,9H,4-5H2,1H3. The van der Waals surface area contributed by atoms with Gasteiger partial charge in [-0.05, 0) is 12.1 Å². The molecule has 74 valence electrons. The molecule has 0 N–H and O–H groups in total. The number of hydrogen-bond donors (Lipinski definition) is 0. The Hall–Kier alpha value is -1.26. The van der Waals surface area contributed by atoms with Crippen molar-refractivity contribution in [1.82, 2.24) is 4.98 Å². The van der Waals surface area contributed by atoms with E-state index in [0.717, 1.165) is 5.56 Å². The zero-order chi connectivity index (χ0) is 10.2. The SMILES string of the molecule is C[N+]1([O-])C(=O)CCC1c1cccnc1. The summed E-state index contributed by atoms with van der Waals surface area (Å²) in [5, 5.41) is 11.9. The van der Waals surface area contributed by atoms with Crippen molar-refractivity contribution in [3.05, 3.63) is 35.3 Å². The quantitative estimate of drug-likeness (QED) is 0.499. The first-order chi connectivity index (χ1) is 6.62. The van der Waals surface area contributed by atoms with E-state index in [-0.39, 0.29) is 11.9 Å². The van der Waals surface area contributed by atoms with E-state index >= 15 is 0 Å². The molecule has 0 bridgehead atoms. The number of likely N-dealkylation sites (tertiary alicyclic amines) is 1. The molecule has 0 spiro atoms. The van der Waals surface area contributed by atoms with Crippen LogP contribution in [0, 0.1) is 5.21 Å². The fourth-order valence-electron chi connectivity index (χ4n) is 1.93. The molecule has 1 saturated heterocycles. The molecule has 0 radical (unpaired) electrons. The monoisotopic (exact) mass is 192 g/mol. The summed E-state index contributed by atoms with van der Waals surface area (Å²) in [7, 11) is 1.42. The zero-order valence-corrected chi connectivity index (χ0v) is 8.01. The van der Waals surface area contributed by atoms with Crippen molar-refractivity contribution in [2.24, 2.45) is 0 Å². The van der Waals surface area contributed by atoms with Crippen LogP contribution in [-0.2, 0) is 4.79 Å². The highest BCUT2D eigenvalue weighted by molar-refractivity contribution is 5.71. The predicted molar refractivity (Wildman–Crippen MR) is 50.8 cm³/mol. The van der Waals surface area contributed by atoms with E-state index in [1.807, 2.05) is 6.07 Å². The summed E-state index contributed by atoms with van der Waals surface area (Å²) in [6, 6.07) is 3.37. The van der Waals surface area contributed by atoms with Crippen LogP contribution in [-0.4, -0.2) is 22.6 Å². The van der Waals surface area contributed by atoms with E-state index in [0.29, 0.717) is 12.8 Å². The van der Waals surface area contributed by atoms with Crippen molar-refractivity contribution < 1.29 is 9.44 Å². The molecule has 1 amide bonds. The molecule has 2 unspecified atom stereocenters. The molecule has 1 aliphatic heterocycles. The molecule has 0 aliphatic carbocycles. The van der Waals surface area contributed by atoms with E-state index in [2.05, 4.69) is 4.98 Å². The van der Waals surface area contributed by atoms with Gasteiger partial charge < -0.3 is 5.21 Å². The van der Waals surface area contributed by atoms with Crippen LogP contribution < -0.4 is 0 Å². The Balaban J connectivity index is 2.33. The van der Waals surface area contributed by atoms with Gasteiger partial charge in [-0.1, -0.05) is 0 Å². The largest absolute Gasteiger partial charge is 0.625 e. The molecule has 1 aromatic rings. The number of aromatic nitrogens is 1. The lowest BCUT2D eigenvalue weighted by Gasteiger charge is -2.37. The molecule has 0 saturated carbocycles. The molecule has 0 aromatic carbocycles. The molecule has 4 nitrogen and oxygen atoms in total. The summed E-state index contributed by atoms with van der Waals surface area (Å²) in [5.74, 6) is -0.237. The molecule has 1 aliphatic rings. The number of carbonyl (C=O) groups is 1. The Bertz CT molecular complexity index is 348. The van der Waals surface area contributed by atoms with Gasteiger partial charge in [-0.2, -0.15) is 0 Å². The zero-order valence-electron chi connectivity index (χ0n) is 8.01. The molecule has 1 aromatic heterocycles. The second kappa shape index (κ2) is 3.15. The Labute approximate surface area is 82.3 Å². The van der Waals surface area contributed by atoms with Crippen LogP contribution in [0.1, 0.15) is 24.4 Å². The highest BCUT2D eigenvalue weighted by Gasteiger charge is 2.40. The molecule has 14 heavy (non-hydrogen) atoms. The number of carbonyl (C=O) groups excluding carboxylic acids is 1. The first-order valence-corrected chi connectivity index (χ1v) is 4.63. The van der Waals surface area contributed by atoms with Crippen molar-refractivity contribution in [2.45, 2.75) is 18.9 Å². The Morgan fingerprint density at radius 3 is 2.93 bits per heavy atom. The lowest BCUT2D eigenvalue weighted by Crippen LogP contribution is -2.40. The first kappa shape index (κ1) is 9.30. The van der Waals surface area contributed by atoms with Crippen LogP contribution in [0.4, 0.5) is 0 Å². The second-order valence-corrected chi connectivity index (χ2v) is 3.72. The topological polar surface area (TPSA) is 53.0 Å². The van der Waals surface area contributed by atoms with E-state index in [1.165, 1.54) is 7.05 Å². The highest BCUT2D eigenvalue weighted by Crippen LogP contribution is 2.36. The number of nitrogens with zero attached hydrogens (tertiary/aromatic N) is 2. The number of hydroxylamine groups is 3. The normalized spacial score (nSPS) is 32.1. The van der Waals surface area contributed by atoms with Crippen LogP contribution in [0.15, 0.2) is 24.5 Å². The Kier molecular flexibility index (Phi) is 2.09. The van der Waals surface area contributed by atoms with Gasteiger partial charge in [0.1, 0.15) is 6.04 Å². The van der Waals surface area contributed by atoms with E-state index in [9.17, 15) is 10.0 Å². The molecule has 2 heterocycles. The van der Waals surface area contributed by atoms with Gasteiger partial charge in [-0.25, -0.2) is 4.79 Å². The summed E-state index contributed by atoms with van der Waals surface area (Å²) in [5.41, 5.74) is 0.857. The third kappa shape index (κ3) is 1.32. The first-order valence-electron chi connectivity index (χ1n) is 4.63. The van der Waals surface area contributed by atoms with E-state index < -0.39 is 4.65 Å². The minimum Gasteiger partial charge on any atom is -0.625 e. The van der Waals surface area contributed by atoms with Gasteiger partial charge in [0.25, 0.3) is 0 Å². The van der Waals surface area contributed by atoms with Crippen molar-refractivity contribution in [3.8, 4) is 0 Å². The van der Waals surface area contributed by atoms with Gasteiger partial charge >= 0.3 is 5.91 Å². The summed E-state index contributed by atoms with van der Waals surface area (Å²) >= 11 is 0. The van der Waals surface area contributed by atoms with E-state index in [4.69, 9.17) is 0 Å². The number of quaternary nitrogens is 1. The summed E-state index contributed by atoms with van der Waals surface area (Å²) < 4.78 is -0.786. The smallest absolute Gasteiger partial charge is 0.314 e. The number of amides is 1. The molecule has 2 atom stereocenters. The minimum absolute atomic E-state index is 0.237. The van der Waals surface area contributed by atoms with E-state index in [1.54, 1.807) is 18.5 Å². The van der Waals surface area contributed by atoms with Crippen molar-refractivity contribution >= 4 is 5.91 Å². The Morgan fingerprint density at radius 1 is 1.64 bits per heavy atom. The van der Waals surface area contributed by atoms with Crippen molar-refractivity contribution in [2.75, 3.05) is 7.05 Å². The summed E-state index contributed by atoms with van der Waals surface area (Å²) in [4.78, 5) is 15.3. The van der Waals surface area contributed by atoms with Gasteiger partial charge in [0.2, 0.25) is 0 Å². The van der Waals surface area contributed by atoms with Crippen LogP contribution in [0.25, 0.3) is 0 Å². The minimum atomic E-state index is -0.786. The van der Waals surface area contributed by atoms with Gasteiger partial charge in [-0.3, -0.25) is 9.63 Å². The van der Waals surface area contributed by atoms with Crippen molar-refractivity contribution in [1.29, 1.82) is 0 Å². The lowest BCUT2D eigenvalue weighted by molar-refractivity contribution is -0.807. The summed E-state index contributed by atoms with van der Waals surface area (Å²) in [6.07, 6.45) is 4.33. The third-order valence-corrected chi connectivity index (χ3v) is 2.79. The maximum atomic E-state index is 11.9. The second-order valence-electron chi connectivity index (χ2n) is 3.72. The molecular weight excluding hydrogens is 180 g/mol. The Morgan fingerprint density at radius 2 is 2.43 bits per heavy atom. The molecule has 1 fully saturated rings. The predicted octanol–water partition coefficient (Wildman–Crippen LogP) is 1.39. The summed E-state index contributed by atoms with van der Waals surface area (Å²) in [6.45, 7) is 0. The maximum Gasteiger partial charge on any atom is 0.314 e. The fourth-order valence-corrected chi connectivity index (χ4v) is 1.93. The van der Waals surface area contributed by atoms with Gasteiger partial charge in [0.15, 0.2) is 0 Å². The number of hydrogen-bond acceptors (Lipinski definition) is 3. The van der Waals surface area contributed by atoms with Crippen LogP contribution >= 0.6 is 0 Å². The third-order valence-electron chi connectivity index (χ3n) is 2.79. The number of pyridine rings is 1. The highest BCUT2D eigenvalue weighted by atomic mass is 16.6. The molecule has 4 heteroatoms. The van der Waals surface area contributed by atoms with Gasteiger partial charge in [0.05, 0.1) is 13.5 Å². The molecular formula is C10H12N2O2. The molecule has 2 rings (SSSR count). The van der Waals surface area contributed by atoms with Crippen LogP contribution in [0.3, 0.4) is 0 Å². The van der Waals surface area contributed by atoms with Crippen molar-refractivity contribution in [3.63, 3.8) is 0 Å². The average Bonchev–Trinajstić information content (AvgIpc) is 2.44.